The summed E-state index contributed by atoms with van der Waals surface area (Å²) >= 11 is 1.79. The highest BCUT2D eigenvalue weighted by Gasteiger charge is 2.25. The molecule has 23 heavy (non-hydrogen) atoms. The molecule has 1 unspecified atom stereocenters. The molecule has 0 bridgehead atoms. The highest BCUT2D eigenvalue weighted by Crippen LogP contribution is 2.33. The Kier molecular flexibility index (Phi) is 4.13. The predicted molar refractivity (Wildman–Crippen MR) is 88.6 cm³/mol. The van der Waals surface area contributed by atoms with Crippen molar-refractivity contribution < 1.29 is 4.79 Å². The van der Waals surface area contributed by atoms with Gasteiger partial charge in [0, 0.05) is 4.88 Å². The smallest absolute Gasteiger partial charge is 0.273 e. The number of carbonyl (C=O) groups excluding carboxylic acids is 1. The van der Waals surface area contributed by atoms with Gasteiger partial charge >= 0.3 is 0 Å². The number of nitrogens with zero attached hydrogens (tertiary/aromatic N) is 3. The van der Waals surface area contributed by atoms with Crippen LogP contribution in [0, 0.1) is 0 Å². The number of aryl methyl sites for hydroxylation is 1. The third kappa shape index (κ3) is 3.03. The average molecular weight is 331 g/mol. The van der Waals surface area contributed by atoms with Crippen LogP contribution in [0.5, 0.6) is 0 Å². The molecule has 0 radical (unpaired) electrons. The second-order valence-electron chi connectivity index (χ2n) is 6.28. The van der Waals surface area contributed by atoms with Gasteiger partial charge in [0.2, 0.25) is 0 Å². The Hall–Kier alpha value is -1.73. The number of piperidine rings is 1. The topological polar surface area (TPSA) is 71.8 Å². The van der Waals surface area contributed by atoms with Gasteiger partial charge in [-0.1, -0.05) is 5.21 Å². The number of carbonyl (C=O) groups is 1. The lowest BCUT2D eigenvalue weighted by Crippen LogP contribution is -2.31. The van der Waals surface area contributed by atoms with E-state index in [0.717, 1.165) is 45.2 Å². The third-order valence-electron chi connectivity index (χ3n) is 4.78. The Bertz CT molecular complexity index is 688. The lowest BCUT2D eigenvalue weighted by atomic mass is 9.94. The number of nitrogens with one attached hydrogen (secondary N) is 2. The number of rotatable bonds is 3. The van der Waals surface area contributed by atoms with Crippen molar-refractivity contribution in [1.29, 1.82) is 0 Å². The summed E-state index contributed by atoms with van der Waals surface area (Å²) in [5, 5.41) is 16.8. The summed E-state index contributed by atoms with van der Waals surface area (Å²) in [4.78, 5) is 13.9. The van der Waals surface area contributed by atoms with E-state index in [4.69, 9.17) is 0 Å². The van der Waals surface area contributed by atoms with Crippen molar-refractivity contribution in [2.24, 2.45) is 0 Å². The van der Waals surface area contributed by atoms with Gasteiger partial charge in [-0.2, -0.15) is 0 Å². The highest BCUT2D eigenvalue weighted by molar-refractivity contribution is 7.10. The minimum Gasteiger partial charge on any atom is -0.344 e. The normalized spacial score (nSPS) is 21.8. The summed E-state index contributed by atoms with van der Waals surface area (Å²) in [6, 6.07) is 2.60. The summed E-state index contributed by atoms with van der Waals surface area (Å²) < 4.78 is 1.85. The first-order chi connectivity index (χ1) is 11.3. The molecule has 0 spiro atoms. The van der Waals surface area contributed by atoms with Crippen LogP contribution in [0.2, 0.25) is 0 Å². The van der Waals surface area contributed by atoms with Crippen LogP contribution in [0.1, 0.15) is 58.7 Å². The summed E-state index contributed by atoms with van der Waals surface area (Å²) in [5.74, 6) is -0.116. The van der Waals surface area contributed by atoms with Gasteiger partial charge in [0.05, 0.1) is 18.3 Å². The standard InChI is InChI=1S/C16H21N5OS/c22-16(18-13-2-1-3-15-12(13)6-9-23-15)14-10-21(20-19-14)11-4-7-17-8-5-11/h6,9-11,13,17H,1-5,7-8H2,(H,18,22). The second-order valence-corrected chi connectivity index (χ2v) is 7.28. The maximum atomic E-state index is 12.5. The molecule has 1 atom stereocenters. The molecule has 122 valence electrons. The van der Waals surface area contributed by atoms with E-state index in [9.17, 15) is 4.79 Å². The first-order valence-electron chi connectivity index (χ1n) is 8.31. The Labute approximate surface area is 139 Å². The van der Waals surface area contributed by atoms with Crippen molar-refractivity contribution in [3.05, 3.63) is 33.8 Å². The molecule has 0 aromatic carbocycles. The molecule has 1 saturated heterocycles. The van der Waals surface area contributed by atoms with E-state index in [-0.39, 0.29) is 11.9 Å². The first-order valence-corrected chi connectivity index (χ1v) is 9.19. The maximum absolute atomic E-state index is 12.5. The van der Waals surface area contributed by atoms with E-state index >= 15 is 0 Å². The highest BCUT2D eigenvalue weighted by atomic mass is 32.1. The molecule has 1 aliphatic heterocycles. The first kappa shape index (κ1) is 14.8. The maximum Gasteiger partial charge on any atom is 0.273 e. The van der Waals surface area contributed by atoms with Gasteiger partial charge in [-0.15, -0.1) is 16.4 Å². The third-order valence-corrected chi connectivity index (χ3v) is 5.78. The zero-order chi connectivity index (χ0) is 15.6. The molecule has 2 N–H and O–H groups in total. The van der Waals surface area contributed by atoms with Gasteiger partial charge in [0.25, 0.3) is 5.91 Å². The van der Waals surface area contributed by atoms with E-state index in [2.05, 4.69) is 32.4 Å². The zero-order valence-corrected chi connectivity index (χ0v) is 13.8. The van der Waals surface area contributed by atoms with Crippen molar-refractivity contribution in [3.8, 4) is 0 Å². The minimum absolute atomic E-state index is 0.113. The molecule has 2 aromatic heterocycles. The van der Waals surface area contributed by atoms with Crippen molar-refractivity contribution in [1.82, 2.24) is 25.6 Å². The average Bonchev–Trinajstić information content (AvgIpc) is 3.25. The summed E-state index contributed by atoms with van der Waals surface area (Å²) in [6.07, 6.45) is 7.11. The largest absolute Gasteiger partial charge is 0.344 e. The number of aromatic nitrogens is 3. The number of hydrogen-bond donors (Lipinski definition) is 2. The molecule has 1 fully saturated rings. The van der Waals surface area contributed by atoms with Gasteiger partial charge in [-0.3, -0.25) is 4.79 Å². The van der Waals surface area contributed by atoms with Gasteiger partial charge in [-0.05, 0) is 62.2 Å². The zero-order valence-electron chi connectivity index (χ0n) is 13.0. The summed E-state index contributed by atoms with van der Waals surface area (Å²) in [6.45, 7) is 1.99. The molecule has 1 aliphatic carbocycles. The molecule has 4 rings (SSSR count). The predicted octanol–water partition coefficient (Wildman–Crippen LogP) is 2.07. The van der Waals surface area contributed by atoms with Crippen molar-refractivity contribution in [3.63, 3.8) is 0 Å². The van der Waals surface area contributed by atoms with Gasteiger partial charge < -0.3 is 10.6 Å². The molecule has 0 saturated carbocycles. The van der Waals surface area contributed by atoms with E-state index in [1.165, 1.54) is 10.4 Å². The fourth-order valence-electron chi connectivity index (χ4n) is 3.50. The molecular formula is C16H21N5OS. The Morgan fingerprint density at radius 2 is 2.22 bits per heavy atom. The fraction of sp³-hybridized carbons (Fsp3) is 0.562. The number of thiophene rings is 1. The van der Waals surface area contributed by atoms with Crippen molar-refractivity contribution in [2.75, 3.05) is 13.1 Å². The minimum atomic E-state index is -0.116. The monoisotopic (exact) mass is 331 g/mol. The van der Waals surface area contributed by atoms with Crippen LogP contribution in [0.25, 0.3) is 0 Å². The molecule has 3 heterocycles. The molecule has 6 nitrogen and oxygen atoms in total. The van der Waals surface area contributed by atoms with Crippen LogP contribution in [0.15, 0.2) is 17.6 Å². The van der Waals surface area contributed by atoms with Gasteiger partial charge in [0.15, 0.2) is 5.69 Å². The van der Waals surface area contributed by atoms with Crippen molar-refractivity contribution in [2.45, 2.75) is 44.2 Å². The van der Waals surface area contributed by atoms with Gasteiger partial charge in [0.1, 0.15) is 0 Å². The SMILES string of the molecule is O=C(NC1CCCc2sccc21)c1cn(C2CCNCC2)nn1. The van der Waals surface area contributed by atoms with Crippen molar-refractivity contribution >= 4 is 17.2 Å². The Morgan fingerprint density at radius 3 is 3.09 bits per heavy atom. The fourth-order valence-corrected chi connectivity index (χ4v) is 4.49. The Morgan fingerprint density at radius 1 is 1.35 bits per heavy atom. The molecule has 2 aromatic rings. The van der Waals surface area contributed by atoms with Crippen LogP contribution < -0.4 is 10.6 Å². The van der Waals surface area contributed by atoms with Crippen LogP contribution in [0.4, 0.5) is 0 Å². The van der Waals surface area contributed by atoms with Crippen LogP contribution in [-0.4, -0.2) is 34.0 Å². The van der Waals surface area contributed by atoms with Crippen LogP contribution in [0.3, 0.4) is 0 Å². The van der Waals surface area contributed by atoms with Crippen LogP contribution in [-0.2, 0) is 6.42 Å². The summed E-state index contributed by atoms with van der Waals surface area (Å²) in [5.41, 5.74) is 1.70. The molecule has 2 aliphatic rings. The molecule has 1 amide bonds. The van der Waals surface area contributed by atoms with Crippen LogP contribution >= 0.6 is 11.3 Å². The molecule has 7 heteroatoms. The van der Waals surface area contributed by atoms with Gasteiger partial charge in [-0.25, -0.2) is 4.68 Å². The lowest BCUT2D eigenvalue weighted by Gasteiger charge is -2.23. The lowest BCUT2D eigenvalue weighted by molar-refractivity contribution is 0.0927. The number of hydrogen-bond acceptors (Lipinski definition) is 5. The number of fused-ring (bicyclic) bond motifs is 1. The quantitative estimate of drug-likeness (QED) is 0.903. The van der Waals surface area contributed by atoms with E-state index < -0.39 is 0 Å². The molecular weight excluding hydrogens is 310 g/mol. The van der Waals surface area contributed by atoms with E-state index in [0.29, 0.717) is 11.7 Å². The summed E-state index contributed by atoms with van der Waals surface area (Å²) in [7, 11) is 0. The second kappa shape index (κ2) is 6.41. The van der Waals surface area contributed by atoms with E-state index in [1.807, 2.05) is 4.68 Å². The number of amides is 1. The Balaban J connectivity index is 1.45. The van der Waals surface area contributed by atoms with E-state index in [1.54, 1.807) is 17.5 Å².